The molecule has 2 aliphatic rings. The molecule has 1 aliphatic heterocycles. The van der Waals surface area contributed by atoms with E-state index in [0.29, 0.717) is 33.9 Å². The van der Waals surface area contributed by atoms with Crippen molar-refractivity contribution in [2.24, 2.45) is 0 Å². The smallest absolute Gasteiger partial charge is 0.337 e. The van der Waals surface area contributed by atoms with Crippen LogP contribution in [-0.2, 0) is 24.2 Å². The normalized spacial score (nSPS) is 17.7. The molecule has 3 heterocycles. The van der Waals surface area contributed by atoms with Crippen LogP contribution >= 0.6 is 11.3 Å². The van der Waals surface area contributed by atoms with Crippen molar-refractivity contribution in [1.29, 1.82) is 0 Å². The number of carbonyl (C=O) groups is 1. The van der Waals surface area contributed by atoms with Gasteiger partial charge in [-0.05, 0) is 63.1 Å². The average molecular weight is 484 g/mol. The molecule has 2 aromatic heterocycles. The van der Waals surface area contributed by atoms with E-state index in [1.807, 2.05) is 4.90 Å². The van der Waals surface area contributed by atoms with Gasteiger partial charge in [0.25, 0.3) is 5.56 Å². The Hall–Kier alpha value is -3.07. The van der Waals surface area contributed by atoms with Crippen molar-refractivity contribution in [2.45, 2.75) is 58.0 Å². The van der Waals surface area contributed by atoms with Crippen molar-refractivity contribution >= 4 is 27.5 Å². The number of ether oxygens (including phenoxy) is 2. The van der Waals surface area contributed by atoms with Crippen molar-refractivity contribution < 1.29 is 14.3 Å². The number of carbonyl (C=O) groups excluding carboxylic acids is 1. The summed E-state index contributed by atoms with van der Waals surface area (Å²) in [7, 11) is 3.03. The topological polar surface area (TPSA) is 82.8 Å². The van der Waals surface area contributed by atoms with Gasteiger partial charge in [0.2, 0.25) is 5.91 Å². The number of likely N-dealkylation sites (tertiary alicyclic amines) is 1. The molecule has 0 N–H and O–H groups in total. The third-order valence-corrected chi connectivity index (χ3v) is 8.35. The lowest BCUT2D eigenvalue weighted by atomic mass is 10.0. The Morgan fingerprint density at radius 3 is 2.68 bits per heavy atom. The lowest BCUT2D eigenvalue weighted by Gasteiger charge is -2.33. The van der Waals surface area contributed by atoms with Gasteiger partial charge in [-0.15, -0.1) is 11.3 Å². The van der Waals surface area contributed by atoms with E-state index >= 15 is 0 Å². The van der Waals surface area contributed by atoms with Gasteiger partial charge in [-0.2, -0.15) is 0 Å². The van der Waals surface area contributed by atoms with Crippen LogP contribution in [0.2, 0.25) is 0 Å². The van der Waals surface area contributed by atoms with Crippen LogP contribution in [0.1, 0.15) is 43.0 Å². The van der Waals surface area contributed by atoms with Gasteiger partial charge < -0.3 is 14.4 Å². The fourth-order valence-electron chi connectivity index (χ4n) is 5.22. The molecule has 9 heteroatoms. The van der Waals surface area contributed by atoms with E-state index in [2.05, 4.69) is 6.92 Å². The van der Waals surface area contributed by atoms with Crippen LogP contribution in [0, 0.1) is 0 Å². The quantitative estimate of drug-likeness (QED) is 0.557. The first kappa shape index (κ1) is 22.7. The predicted molar refractivity (Wildman–Crippen MR) is 132 cm³/mol. The van der Waals surface area contributed by atoms with E-state index in [4.69, 9.17) is 9.47 Å². The van der Waals surface area contributed by atoms with Gasteiger partial charge in [0.05, 0.1) is 25.3 Å². The minimum Gasteiger partial charge on any atom is -0.497 e. The number of fused-ring (bicyclic) bond motifs is 3. The molecule has 1 saturated heterocycles. The molecule has 1 amide bonds. The van der Waals surface area contributed by atoms with E-state index < -0.39 is 5.69 Å². The second kappa shape index (κ2) is 8.94. The molecule has 180 valence electrons. The maximum atomic E-state index is 13.8. The lowest BCUT2D eigenvalue weighted by molar-refractivity contribution is -0.135. The fourth-order valence-corrected chi connectivity index (χ4v) is 6.60. The average Bonchev–Trinajstić information content (AvgIpc) is 3.43. The Morgan fingerprint density at radius 1 is 1.12 bits per heavy atom. The number of methoxy groups -OCH3 is 2. The standard InChI is InChI=1S/C25H29N3O5S/c1-15-7-4-5-12-26(15)21(29)14-27-24-22(17-8-6-9-20(17)34-24)23(30)28(25(27)31)18-11-10-16(32-2)13-19(18)33-3/h10-11,13,15H,4-9,12,14H2,1-3H3/t15-/m1/s1. The molecule has 0 spiro atoms. The number of thiophene rings is 1. The molecule has 1 fully saturated rings. The Balaban J connectivity index is 1.73. The van der Waals surface area contributed by atoms with Crippen molar-refractivity contribution in [3.05, 3.63) is 49.5 Å². The molecule has 0 bridgehead atoms. The summed E-state index contributed by atoms with van der Waals surface area (Å²) in [6.45, 7) is 2.67. The number of aromatic nitrogens is 2. The summed E-state index contributed by atoms with van der Waals surface area (Å²) in [5, 5.41) is 0.550. The highest BCUT2D eigenvalue weighted by molar-refractivity contribution is 7.19. The molecule has 1 aromatic carbocycles. The van der Waals surface area contributed by atoms with E-state index in [1.54, 1.807) is 25.3 Å². The molecule has 0 saturated carbocycles. The molecule has 5 rings (SSSR count). The van der Waals surface area contributed by atoms with E-state index in [1.165, 1.54) is 23.0 Å². The second-order valence-electron chi connectivity index (χ2n) is 9.02. The number of aryl methyl sites for hydroxylation is 2. The Bertz CT molecular complexity index is 1390. The third-order valence-electron chi connectivity index (χ3n) is 7.03. The van der Waals surface area contributed by atoms with Crippen LogP contribution in [0.3, 0.4) is 0 Å². The third kappa shape index (κ3) is 3.62. The summed E-state index contributed by atoms with van der Waals surface area (Å²) in [5.41, 5.74) is 0.460. The molecule has 1 aliphatic carbocycles. The minimum absolute atomic E-state index is 0.0855. The van der Waals surface area contributed by atoms with Crippen molar-refractivity contribution in [3.8, 4) is 17.2 Å². The first-order valence-electron chi connectivity index (χ1n) is 11.8. The number of nitrogens with zero attached hydrogens (tertiary/aromatic N) is 3. The van der Waals surface area contributed by atoms with Crippen LogP contribution in [0.25, 0.3) is 15.9 Å². The van der Waals surface area contributed by atoms with Gasteiger partial charge in [0.1, 0.15) is 22.9 Å². The Kier molecular flexibility index (Phi) is 5.97. The highest BCUT2D eigenvalue weighted by Crippen LogP contribution is 2.36. The van der Waals surface area contributed by atoms with Crippen LogP contribution in [0.5, 0.6) is 11.5 Å². The molecular formula is C25H29N3O5S. The van der Waals surface area contributed by atoms with Crippen LogP contribution < -0.4 is 20.7 Å². The minimum atomic E-state index is -0.529. The highest BCUT2D eigenvalue weighted by atomic mass is 32.1. The summed E-state index contributed by atoms with van der Waals surface area (Å²) in [6.07, 6.45) is 5.73. The number of rotatable bonds is 5. The number of hydrogen-bond donors (Lipinski definition) is 0. The van der Waals surface area contributed by atoms with Gasteiger partial charge >= 0.3 is 5.69 Å². The van der Waals surface area contributed by atoms with E-state index in [9.17, 15) is 14.4 Å². The molecule has 34 heavy (non-hydrogen) atoms. The first-order valence-corrected chi connectivity index (χ1v) is 12.6. The van der Waals surface area contributed by atoms with Gasteiger partial charge in [-0.25, -0.2) is 9.36 Å². The van der Waals surface area contributed by atoms with Crippen molar-refractivity contribution in [3.63, 3.8) is 0 Å². The molecule has 8 nitrogen and oxygen atoms in total. The maximum Gasteiger partial charge on any atom is 0.337 e. The Labute approximate surface area is 201 Å². The SMILES string of the molecule is COc1ccc(-n2c(=O)c3c4c(sc3n(CC(=O)N3CCCC[C@H]3C)c2=O)CCC4)c(OC)c1. The van der Waals surface area contributed by atoms with E-state index in [0.717, 1.165) is 53.5 Å². The zero-order valence-corrected chi connectivity index (χ0v) is 20.6. The summed E-state index contributed by atoms with van der Waals surface area (Å²) >= 11 is 1.48. The predicted octanol–water partition coefficient (Wildman–Crippen LogP) is 3.12. The number of benzene rings is 1. The summed E-state index contributed by atoms with van der Waals surface area (Å²) in [5.74, 6) is 0.823. The fraction of sp³-hybridized carbons (Fsp3) is 0.480. The first-order chi connectivity index (χ1) is 16.4. The highest BCUT2D eigenvalue weighted by Gasteiger charge is 2.29. The zero-order chi connectivity index (χ0) is 24.0. The number of hydrogen-bond acceptors (Lipinski definition) is 6. The van der Waals surface area contributed by atoms with Crippen molar-refractivity contribution in [1.82, 2.24) is 14.0 Å². The number of piperidine rings is 1. The molecule has 0 radical (unpaired) electrons. The monoisotopic (exact) mass is 483 g/mol. The largest absolute Gasteiger partial charge is 0.497 e. The van der Waals surface area contributed by atoms with Crippen LogP contribution in [0.15, 0.2) is 27.8 Å². The second-order valence-corrected chi connectivity index (χ2v) is 10.1. The molecule has 0 unspecified atom stereocenters. The van der Waals surface area contributed by atoms with Gasteiger partial charge in [0, 0.05) is 23.5 Å². The van der Waals surface area contributed by atoms with Gasteiger partial charge in [-0.1, -0.05) is 0 Å². The maximum absolute atomic E-state index is 13.8. The summed E-state index contributed by atoms with van der Waals surface area (Å²) in [4.78, 5) is 44.5. The van der Waals surface area contributed by atoms with Crippen molar-refractivity contribution in [2.75, 3.05) is 20.8 Å². The molecular weight excluding hydrogens is 454 g/mol. The Morgan fingerprint density at radius 2 is 1.94 bits per heavy atom. The van der Waals surface area contributed by atoms with Gasteiger partial charge in [0.15, 0.2) is 0 Å². The summed E-state index contributed by atoms with van der Waals surface area (Å²) in [6, 6.07) is 5.14. The molecule has 3 aromatic rings. The van der Waals surface area contributed by atoms with Crippen LogP contribution in [0.4, 0.5) is 0 Å². The lowest BCUT2D eigenvalue weighted by Crippen LogP contribution is -2.46. The summed E-state index contributed by atoms with van der Waals surface area (Å²) < 4.78 is 13.4. The van der Waals surface area contributed by atoms with E-state index in [-0.39, 0.29) is 24.1 Å². The van der Waals surface area contributed by atoms with Crippen LogP contribution in [-0.4, -0.2) is 46.7 Å². The van der Waals surface area contributed by atoms with Gasteiger partial charge in [-0.3, -0.25) is 14.2 Å². The zero-order valence-electron chi connectivity index (χ0n) is 19.8. The number of amides is 1. The molecule has 1 atom stereocenters.